The van der Waals surface area contributed by atoms with Crippen LogP contribution < -0.4 is 15.8 Å². The SMILES string of the molecule is NCCc1cc(OCC(=O)NC2CCOCC2)ccc1Br. The molecule has 6 heteroatoms. The average molecular weight is 357 g/mol. The van der Waals surface area contributed by atoms with Crippen molar-refractivity contribution in [2.24, 2.45) is 5.73 Å². The Kier molecular flexibility index (Phi) is 6.48. The van der Waals surface area contributed by atoms with Gasteiger partial charge in [-0.15, -0.1) is 0 Å². The summed E-state index contributed by atoms with van der Waals surface area (Å²) in [5.74, 6) is 0.592. The highest BCUT2D eigenvalue weighted by molar-refractivity contribution is 9.10. The summed E-state index contributed by atoms with van der Waals surface area (Å²) in [7, 11) is 0. The molecule has 0 saturated carbocycles. The molecule has 0 spiro atoms. The van der Waals surface area contributed by atoms with Crippen LogP contribution in [0, 0.1) is 0 Å². The van der Waals surface area contributed by atoms with E-state index >= 15 is 0 Å². The Morgan fingerprint density at radius 1 is 1.43 bits per heavy atom. The molecular weight excluding hydrogens is 336 g/mol. The Morgan fingerprint density at radius 2 is 2.19 bits per heavy atom. The highest BCUT2D eigenvalue weighted by Crippen LogP contribution is 2.22. The molecule has 0 aromatic heterocycles. The van der Waals surface area contributed by atoms with Crippen LogP contribution >= 0.6 is 15.9 Å². The summed E-state index contributed by atoms with van der Waals surface area (Å²) in [4.78, 5) is 11.9. The van der Waals surface area contributed by atoms with E-state index in [-0.39, 0.29) is 18.6 Å². The maximum absolute atomic E-state index is 11.9. The molecule has 1 heterocycles. The first kappa shape index (κ1) is 16.3. The topological polar surface area (TPSA) is 73.6 Å². The van der Waals surface area contributed by atoms with Gasteiger partial charge in [0.2, 0.25) is 0 Å². The Bertz CT molecular complexity index is 476. The average Bonchev–Trinajstić information content (AvgIpc) is 2.49. The molecule has 116 valence electrons. The van der Waals surface area contributed by atoms with Crippen molar-refractivity contribution >= 4 is 21.8 Å². The number of carbonyl (C=O) groups excluding carboxylic acids is 1. The predicted octanol–water partition coefficient (Wildman–Crippen LogP) is 1.62. The number of hydrogen-bond donors (Lipinski definition) is 2. The van der Waals surface area contributed by atoms with Gasteiger partial charge in [0.25, 0.3) is 5.91 Å². The molecule has 0 atom stereocenters. The first-order valence-corrected chi connectivity index (χ1v) is 7.96. The highest BCUT2D eigenvalue weighted by atomic mass is 79.9. The molecular formula is C15H21BrN2O3. The summed E-state index contributed by atoms with van der Waals surface area (Å²) in [5, 5.41) is 2.97. The summed E-state index contributed by atoms with van der Waals surface area (Å²) in [6.45, 7) is 2.02. The molecule has 0 unspecified atom stereocenters. The van der Waals surface area contributed by atoms with Crippen molar-refractivity contribution in [1.29, 1.82) is 0 Å². The summed E-state index contributed by atoms with van der Waals surface area (Å²) in [6.07, 6.45) is 2.50. The number of ether oxygens (including phenoxy) is 2. The maximum Gasteiger partial charge on any atom is 0.258 e. The van der Waals surface area contributed by atoms with E-state index in [0.29, 0.717) is 25.5 Å². The lowest BCUT2D eigenvalue weighted by Gasteiger charge is -2.23. The van der Waals surface area contributed by atoms with Crippen molar-refractivity contribution < 1.29 is 14.3 Å². The van der Waals surface area contributed by atoms with Gasteiger partial charge in [0.05, 0.1) is 0 Å². The summed E-state index contributed by atoms with van der Waals surface area (Å²) >= 11 is 3.47. The lowest BCUT2D eigenvalue weighted by molar-refractivity contribution is -0.124. The number of rotatable bonds is 6. The van der Waals surface area contributed by atoms with E-state index in [0.717, 1.165) is 29.3 Å². The normalized spacial score (nSPS) is 15.7. The third kappa shape index (κ3) is 5.30. The number of nitrogens with two attached hydrogens (primary N) is 1. The Balaban J connectivity index is 1.81. The van der Waals surface area contributed by atoms with Gasteiger partial charge in [0.1, 0.15) is 5.75 Å². The van der Waals surface area contributed by atoms with Gasteiger partial charge in [-0.1, -0.05) is 15.9 Å². The quantitative estimate of drug-likeness (QED) is 0.812. The molecule has 1 aromatic carbocycles. The second-order valence-electron chi connectivity index (χ2n) is 5.03. The van der Waals surface area contributed by atoms with Crippen LogP contribution in [0.25, 0.3) is 0 Å². The van der Waals surface area contributed by atoms with Gasteiger partial charge in [-0.3, -0.25) is 4.79 Å². The van der Waals surface area contributed by atoms with Crippen LogP contribution in [-0.4, -0.2) is 38.3 Å². The van der Waals surface area contributed by atoms with Gasteiger partial charge >= 0.3 is 0 Å². The molecule has 0 aliphatic carbocycles. The zero-order valence-electron chi connectivity index (χ0n) is 11.9. The fourth-order valence-corrected chi connectivity index (χ4v) is 2.69. The van der Waals surface area contributed by atoms with Crippen LogP contribution in [0.1, 0.15) is 18.4 Å². The minimum atomic E-state index is -0.0924. The van der Waals surface area contributed by atoms with Crippen LogP contribution in [0.5, 0.6) is 5.75 Å². The van der Waals surface area contributed by atoms with Crippen LogP contribution in [0.15, 0.2) is 22.7 Å². The zero-order chi connectivity index (χ0) is 15.1. The number of nitrogens with one attached hydrogen (secondary N) is 1. The van der Waals surface area contributed by atoms with Crippen molar-refractivity contribution in [2.45, 2.75) is 25.3 Å². The monoisotopic (exact) mass is 356 g/mol. The zero-order valence-corrected chi connectivity index (χ0v) is 13.5. The Labute approximate surface area is 133 Å². The molecule has 21 heavy (non-hydrogen) atoms. The predicted molar refractivity (Wildman–Crippen MR) is 84.4 cm³/mol. The lowest BCUT2D eigenvalue weighted by Crippen LogP contribution is -2.41. The fraction of sp³-hybridized carbons (Fsp3) is 0.533. The van der Waals surface area contributed by atoms with Gasteiger partial charge in [-0.05, 0) is 49.6 Å². The van der Waals surface area contributed by atoms with E-state index in [9.17, 15) is 4.79 Å². The van der Waals surface area contributed by atoms with Gasteiger partial charge in [-0.25, -0.2) is 0 Å². The van der Waals surface area contributed by atoms with E-state index in [1.165, 1.54) is 0 Å². The molecule has 3 N–H and O–H groups in total. The van der Waals surface area contributed by atoms with E-state index in [1.54, 1.807) is 0 Å². The molecule has 1 aromatic rings. The minimum Gasteiger partial charge on any atom is -0.484 e. The number of halogens is 1. The lowest BCUT2D eigenvalue weighted by atomic mass is 10.1. The van der Waals surface area contributed by atoms with Crippen molar-refractivity contribution in [2.75, 3.05) is 26.4 Å². The summed E-state index contributed by atoms with van der Waals surface area (Å²) < 4.78 is 11.8. The molecule has 1 fully saturated rings. The van der Waals surface area contributed by atoms with Crippen molar-refractivity contribution in [3.8, 4) is 5.75 Å². The standard InChI is InChI=1S/C15H21BrN2O3/c16-14-2-1-13(9-11(14)3-6-17)21-10-15(19)18-12-4-7-20-8-5-12/h1-2,9,12H,3-8,10,17H2,(H,18,19). The van der Waals surface area contributed by atoms with Crippen LogP contribution in [0.3, 0.4) is 0 Å². The molecule has 1 aliphatic heterocycles. The number of benzene rings is 1. The molecule has 1 amide bonds. The van der Waals surface area contributed by atoms with E-state index in [1.807, 2.05) is 18.2 Å². The van der Waals surface area contributed by atoms with E-state index < -0.39 is 0 Å². The summed E-state index contributed by atoms with van der Waals surface area (Å²) in [6, 6.07) is 5.87. The third-order valence-electron chi connectivity index (χ3n) is 3.39. The number of hydrogen-bond acceptors (Lipinski definition) is 4. The molecule has 1 aliphatic rings. The van der Waals surface area contributed by atoms with Gasteiger partial charge in [0.15, 0.2) is 6.61 Å². The minimum absolute atomic E-state index is 0.0288. The molecule has 2 rings (SSSR count). The van der Waals surface area contributed by atoms with Crippen LogP contribution in [0.4, 0.5) is 0 Å². The highest BCUT2D eigenvalue weighted by Gasteiger charge is 2.16. The molecule has 1 saturated heterocycles. The fourth-order valence-electron chi connectivity index (χ4n) is 2.25. The van der Waals surface area contributed by atoms with Crippen LogP contribution in [0.2, 0.25) is 0 Å². The molecule has 0 bridgehead atoms. The smallest absolute Gasteiger partial charge is 0.258 e. The largest absolute Gasteiger partial charge is 0.484 e. The Morgan fingerprint density at radius 3 is 2.90 bits per heavy atom. The van der Waals surface area contributed by atoms with Gasteiger partial charge < -0.3 is 20.5 Å². The molecule has 5 nitrogen and oxygen atoms in total. The van der Waals surface area contributed by atoms with Crippen molar-refractivity contribution in [3.63, 3.8) is 0 Å². The van der Waals surface area contributed by atoms with Crippen molar-refractivity contribution in [1.82, 2.24) is 5.32 Å². The molecule has 0 radical (unpaired) electrons. The van der Waals surface area contributed by atoms with Gasteiger partial charge in [-0.2, -0.15) is 0 Å². The Hall–Kier alpha value is -1.11. The second-order valence-corrected chi connectivity index (χ2v) is 5.89. The number of amides is 1. The van der Waals surface area contributed by atoms with Crippen molar-refractivity contribution in [3.05, 3.63) is 28.2 Å². The van der Waals surface area contributed by atoms with Crippen LogP contribution in [-0.2, 0) is 16.0 Å². The first-order valence-electron chi connectivity index (χ1n) is 7.17. The van der Waals surface area contributed by atoms with E-state index in [4.69, 9.17) is 15.2 Å². The first-order chi connectivity index (χ1) is 10.2. The third-order valence-corrected chi connectivity index (χ3v) is 4.16. The second kappa shape index (κ2) is 8.36. The number of carbonyl (C=O) groups is 1. The summed E-state index contributed by atoms with van der Waals surface area (Å²) in [5.41, 5.74) is 6.65. The van der Waals surface area contributed by atoms with Gasteiger partial charge in [0, 0.05) is 23.7 Å². The van der Waals surface area contributed by atoms with E-state index in [2.05, 4.69) is 21.2 Å². The maximum atomic E-state index is 11.9.